The quantitative estimate of drug-likeness (QED) is 0.505. The predicted octanol–water partition coefficient (Wildman–Crippen LogP) is 4.24. The van der Waals surface area contributed by atoms with E-state index in [2.05, 4.69) is 29.2 Å². The van der Waals surface area contributed by atoms with Gasteiger partial charge < -0.3 is 19.5 Å². The van der Waals surface area contributed by atoms with Crippen molar-refractivity contribution in [1.82, 2.24) is 14.8 Å². The van der Waals surface area contributed by atoms with Crippen LogP contribution in [-0.2, 0) is 9.53 Å². The van der Waals surface area contributed by atoms with Crippen molar-refractivity contribution >= 4 is 22.7 Å². The summed E-state index contributed by atoms with van der Waals surface area (Å²) in [6, 6.07) is 25.7. The van der Waals surface area contributed by atoms with E-state index in [9.17, 15) is 9.59 Å². The number of para-hydroxylation sites is 1. The topological polar surface area (TPSA) is 65.6 Å². The van der Waals surface area contributed by atoms with E-state index in [0.29, 0.717) is 31.9 Å². The van der Waals surface area contributed by atoms with Gasteiger partial charge in [-0.3, -0.25) is 9.59 Å². The number of hydrogen-bond donors (Lipinski definition) is 1. The number of morpholine rings is 1. The molecule has 0 bridgehead atoms. The number of H-pyrrole nitrogens is 1. The van der Waals surface area contributed by atoms with Crippen LogP contribution in [0.15, 0.2) is 78.9 Å². The van der Waals surface area contributed by atoms with E-state index in [4.69, 9.17) is 4.74 Å². The Balaban J connectivity index is 1.51. The van der Waals surface area contributed by atoms with E-state index in [1.54, 1.807) is 9.80 Å². The third kappa shape index (κ3) is 3.38. The molecular weight excluding hydrogens is 426 g/mol. The Labute approximate surface area is 197 Å². The zero-order chi connectivity index (χ0) is 23.1. The predicted molar refractivity (Wildman–Crippen MR) is 130 cm³/mol. The molecule has 0 radical (unpaired) electrons. The fourth-order valence-corrected chi connectivity index (χ4v) is 5.18. The van der Waals surface area contributed by atoms with Crippen LogP contribution in [0, 0.1) is 0 Å². The van der Waals surface area contributed by atoms with Gasteiger partial charge in [0.15, 0.2) is 0 Å². The Morgan fingerprint density at radius 1 is 0.912 bits per heavy atom. The zero-order valence-electron chi connectivity index (χ0n) is 18.7. The standard InChI is InChI=1S/C28H25N3O3/c32-24(30-14-16-34-17-15-30)18-31-27(20-10-4-5-11-21(20)28(31)33)25-22-12-6-7-13-23(22)29-26(25)19-8-2-1-3-9-19/h1-13,27,29H,14-18H2/t27-/m0/s1. The van der Waals surface area contributed by atoms with Crippen molar-refractivity contribution in [2.24, 2.45) is 0 Å². The van der Waals surface area contributed by atoms with E-state index < -0.39 is 0 Å². The number of carbonyl (C=O) groups excluding carboxylic acids is 2. The van der Waals surface area contributed by atoms with E-state index in [1.807, 2.05) is 54.6 Å². The summed E-state index contributed by atoms with van der Waals surface area (Å²) >= 11 is 0. The summed E-state index contributed by atoms with van der Waals surface area (Å²) in [6.45, 7) is 2.21. The Morgan fingerprint density at radius 2 is 1.62 bits per heavy atom. The van der Waals surface area contributed by atoms with E-state index in [-0.39, 0.29) is 24.4 Å². The first-order valence-corrected chi connectivity index (χ1v) is 11.6. The first-order valence-electron chi connectivity index (χ1n) is 11.6. The highest BCUT2D eigenvalue weighted by atomic mass is 16.5. The van der Waals surface area contributed by atoms with Crippen molar-refractivity contribution in [3.05, 3.63) is 95.6 Å². The monoisotopic (exact) mass is 451 g/mol. The number of fused-ring (bicyclic) bond motifs is 2. The molecule has 1 fully saturated rings. The summed E-state index contributed by atoms with van der Waals surface area (Å²) in [7, 11) is 0. The van der Waals surface area contributed by atoms with Crippen molar-refractivity contribution < 1.29 is 14.3 Å². The Bertz CT molecular complexity index is 1370. The average molecular weight is 452 g/mol. The second-order valence-corrected chi connectivity index (χ2v) is 8.74. The summed E-state index contributed by atoms with van der Waals surface area (Å²) in [5.74, 6) is -0.151. The third-order valence-electron chi connectivity index (χ3n) is 6.81. The van der Waals surface area contributed by atoms with Crippen LogP contribution in [-0.4, -0.2) is 59.4 Å². The molecule has 0 saturated carbocycles. The number of aromatic amines is 1. The van der Waals surface area contributed by atoms with Gasteiger partial charge in [-0.05, 0) is 23.3 Å². The lowest BCUT2D eigenvalue weighted by molar-refractivity contribution is -0.136. The molecule has 2 aliphatic heterocycles. The smallest absolute Gasteiger partial charge is 0.255 e. The maximum atomic E-state index is 13.6. The number of aromatic nitrogens is 1. The number of benzene rings is 3. The molecule has 34 heavy (non-hydrogen) atoms. The summed E-state index contributed by atoms with van der Waals surface area (Å²) in [6.07, 6.45) is 0. The summed E-state index contributed by atoms with van der Waals surface area (Å²) in [5, 5.41) is 1.06. The molecule has 6 rings (SSSR count). The van der Waals surface area contributed by atoms with Gasteiger partial charge in [-0.1, -0.05) is 66.7 Å². The minimum Gasteiger partial charge on any atom is -0.378 e. The summed E-state index contributed by atoms with van der Waals surface area (Å²) in [4.78, 5) is 34.0. The molecule has 170 valence electrons. The largest absolute Gasteiger partial charge is 0.378 e. The number of nitrogens with zero attached hydrogens (tertiary/aromatic N) is 2. The second kappa shape index (κ2) is 8.47. The molecule has 2 aliphatic rings. The first kappa shape index (κ1) is 20.7. The van der Waals surface area contributed by atoms with Gasteiger partial charge in [-0.15, -0.1) is 0 Å². The summed E-state index contributed by atoms with van der Waals surface area (Å²) < 4.78 is 5.41. The highest BCUT2D eigenvalue weighted by Crippen LogP contribution is 2.45. The number of hydrogen-bond acceptors (Lipinski definition) is 3. The molecule has 1 atom stereocenters. The fraction of sp³-hybridized carbons (Fsp3) is 0.214. The van der Waals surface area contributed by atoms with E-state index in [1.165, 1.54) is 0 Å². The molecule has 6 heteroatoms. The molecule has 0 aliphatic carbocycles. The highest BCUT2D eigenvalue weighted by Gasteiger charge is 2.41. The van der Waals surface area contributed by atoms with Crippen LogP contribution in [0.2, 0.25) is 0 Å². The fourth-order valence-electron chi connectivity index (χ4n) is 5.18. The maximum absolute atomic E-state index is 13.6. The van der Waals surface area contributed by atoms with Crippen LogP contribution in [0.5, 0.6) is 0 Å². The van der Waals surface area contributed by atoms with Crippen molar-refractivity contribution in [2.75, 3.05) is 32.8 Å². The molecular formula is C28H25N3O3. The SMILES string of the molecule is O=C(CN1C(=O)c2ccccc2[C@H]1c1c(-c2ccccc2)[nH]c2ccccc12)N1CCOCC1. The van der Waals surface area contributed by atoms with Crippen LogP contribution in [0.3, 0.4) is 0 Å². The number of rotatable bonds is 4. The third-order valence-corrected chi connectivity index (χ3v) is 6.81. The van der Waals surface area contributed by atoms with Crippen LogP contribution < -0.4 is 0 Å². The van der Waals surface area contributed by atoms with Gasteiger partial charge in [0.25, 0.3) is 5.91 Å². The summed E-state index contributed by atoms with van der Waals surface area (Å²) in [5.41, 5.74) is 5.64. The molecule has 1 saturated heterocycles. The van der Waals surface area contributed by atoms with Gasteiger partial charge in [0.2, 0.25) is 5.91 Å². The van der Waals surface area contributed by atoms with E-state index >= 15 is 0 Å². The normalized spacial score (nSPS) is 17.9. The lowest BCUT2D eigenvalue weighted by atomic mass is 9.93. The Kier molecular flexibility index (Phi) is 5.15. The Hall–Kier alpha value is -3.90. The second-order valence-electron chi connectivity index (χ2n) is 8.74. The van der Waals surface area contributed by atoms with Crippen LogP contribution in [0.4, 0.5) is 0 Å². The van der Waals surface area contributed by atoms with Crippen molar-refractivity contribution in [1.29, 1.82) is 0 Å². The van der Waals surface area contributed by atoms with Crippen molar-refractivity contribution in [3.63, 3.8) is 0 Å². The molecule has 1 aromatic heterocycles. The molecule has 6 nitrogen and oxygen atoms in total. The molecule has 3 heterocycles. The van der Waals surface area contributed by atoms with E-state index in [0.717, 1.165) is 33.3 Å². The van der Waals surface area contributed by atoms with Gasteiger partial charge in [0, 0.05) is 35.1 Å². The van der Waals surface area contributed by atoms with Crippen LogP contribution in [0.25, 0.3) is 22.2 Å². The van der Waals surface area contributed by atoms with Crippen molar-refractivity contribution in [2.45, 2.75) is 6.04 Å². The molecule has 3 aromatic carbocycles. The minimum absolute atomic E-state index is 0.0336. The van der Waals surface area contributed by atoms with Gasteiger partial charge in [-0.25, -0.2) is 0 Å². The molecule has 2 amide bonds. The van der Waals surface area contributed by atoms with Gasteiger partial charge in [0.1, 0.15) is 6.54 Å². The number of amides is 2. The molecule has 0 unspecified atom stereocenters. The lowest BCUT2D eigenvalue weighted by Gasteiger charge is -2.31. The lowest BCUT2D eigenvalue weighted by Crippen LogP contribution is -2.46. The van der Waals surface area contributed by atoms with Crippen LogP contribution in [0.1, 0.15) is 27.5 Å². The van der Waals surface area contributed by atoms with Gasteiger partial charge >= 0.3 is 0 Å². The maximum Gasteiger partial charge on any atom is 0.255 e. The van der Waals surface area contributed by atoms with Gasteiger partial charge in [0.05, 0.1) is 24.9 Å². The highest BCUT2D eigenvalue weighted by molar-refractivity contribution is 6.03. The number of nitrogens with one attached hydrogen (secondary N) is 1. The minimum atomic E-state index is -0.361. The Morgan fingerprint density at radius 3 is 2.44 bits per heavy atom. The molecule has 0 spiro atoms. The first-order chi connectivity index (χ1) is 16.7. The van der Waals surface area contributed by atoms with Gasteiger partial charge in [-0.2, -0.15) is 0 Å². The van der Waals surface area contributed by atoms with Crippen molar-refractivity contribution in [3.8, 4) is 11.3 Å². The zero-order valence-corrected chi connectivity index (χ0v) is 18.7. The van der Waals surface area contributed by atoms with Crippen LogP contribution >= 0.6 is 0 Å². The number of ether oxygens (including phenoxy) is 1. The number of carbonyl (C=O) groups is 2. The molecule has 1 N–H and O–H groups in total. The molecule has 4 aromatic rings. The average Bonchev–Trinajstić information content (AvgIpc) is 3.40.